The van der Waals surface area contributed by atoms with Crippen molar-refractivity contribution in [2.24, 2.45) is 29.6 Å². The van der Waals surface area contributed by atoms with Crippen LogP contribution in [0.2, 0.25) is 0 Å². The number of methoxy groups -OCH3 is 1. The molecule has 3 aliphatic rings. The van der Waals surface area contributed by atoms with E-state index >= 15 is 0 Å². The van der Waals surface area contributed by atoms with Crippen molar-refractivity contribution in [3.8, 4) is 0 Å². The van der Waals surface area contributed by atoms with Gasteiger partial charge >= 0.3 is 29.0 Å². The molecule has 0 spiro atoms. The van der Waals surface area contributed by atoms with Crippen LogP contribution < -0.4 is 36.3 Å². The van der Waals surface area contributed by atoms with Gasteiger partial charge in [-0.2, -0.15) is 0 Å². The van der Waals surface area contributed by atoms with Crippen LogP contribution in [0.4, 0.5) is 0 Å². The first-order valence-corrected chi connectivity index (χ1v) is 23.8. The number of rotatable bonds is 20. The fourth-order valence-corrected chi connectivity index (χ4v) is 9.85. The van der Waals surface area contributed by atoms with E-state index in [1.165, 1.54) is 63.7 Å². The fraction of sp³-hybridized carbons (Fsp3) is 0.527. The second kappa shape index (κ2) is 23.1. The number of carbonyl (C=O) groups is 2. The van der Waals surface area contributed by atoms with Gasteiger partial charge in [-0.15, -0.1) is 44.6 Å². The van der Waals surface area contributed by atoms with Gasteiger partial charge in [0.15, 0.2) is 12.1 Å². The van der Waals surface area contributed by atoms with E-state index in [1.54, 1.807) is 6.08 Å². The van der Waals surface area contributed by atoms with Crippen molar-refractivity contribution in [1.82, 2.24) is 15.0 Å². The summed E-state index contributed by atoms with van der Waals surface area (Å²) in [4.78, 5) is 43.0. The number of aromatic nitrogens is 3. The average molecular weight is 894 g/mol. The summed E-state index contributed by atoms with van der Waals surface area (Å²) >= 11 is 0. The number of nitrogens with zero attached hydrogens (tertiary/aromatic N) is 4. The average Bonchev–Trinajstić information content (AvgIpc) is 3.99. The Morgan fingerprint density at radius 1 is 0.892 bits per heavy atom. The molecule has 3 aromatic heterocycles. The van der Waals surface area contributed by atoms with Crippen molar-refractivity contribution < 1.29 is 24.2 Å². The molecule has 0 radical (unpaired) electrons. The minimum Gasteiger partial charge on any atom is -0.678 e. The third kappa shape index (κ3) is 11.7. The second-order valence-corrected chi connectivity index (χ2v) is 19.2. The molecule has 10 heteroatoms. The maximum absolute atomic E-state index is 14.4. The number of aliphatic hydroxyl groups excluding tert-OH is 1. The normalized spacial score (nSPS) is 21.0. The summed E-state index contributed by atoms with van der Waals surface area (Å²) in [5.41, 5.74) is 9.72. The number of carbonyl (C=O) groups excluding carboxylic acids is 2. The van der Waals surface area contributed by atoms with E-state index in [2.05, 4.69) is 55.0 Å². The maximum atomic E-state index is 14.4. The molecule has 1 aliphatic carbocycles. The molecule has 6 rings (SSSR count). The van der Waals surface area contributed by atoms with Crippen molar-refractivity contribution >= 4 is 64.7 Å². The molecule has 2 aliphatic heterocycles. The predicted molar refractivity (Wildman–Crippen MR) is 265 cm³/mol. The van der Waals surface area contributed by atoms with Crippen LogP contribution in [0.3, 0.4) is 0 Å². The Kier molecular flexibility index (Phi) is 18.4. The Balaban J connectivity index is 0.00000793. The number of ether oxygens (including phenoxy) is 2. The van der Waals surface area contributed by atoms with Crippen LogP contribution in [0.1, 0.15) is 156 Å². The number of ketones is 1. The van der Waals surface area contributed by atoms with Crippen LogP contribution in [0.5, 0.6) is 0 Å². The Bertz CT molecular complexity index is 2560. The van der Waals surface area contributed by atoms with Gasteiger partial charge in [-0.25, -0.2) is 4.79 Å². The van der Waals surface area contributed by atoms with E-state index in [0.29, 0.717) is 39.0 Å². The van der Waals surface area contributed by atoms with Gasteiger partial charge in [-0.3, -0.25) is 4.79 Å². The Morgan fingerprint density at radius 2 is 1.55 bits per heavy atom. The van der Waals surface area contributed by atoms with Crippen LogP contribution in [0.25, 0.3) is 35.2 Å². The summed E-state index contributed by atoms with van der Waals surface area (Å²) in [7, 11) is 1.38. The second-order valence-electron chi connectivity index (χ2n) is 19.2. The number of hydrogen-bond donors (Lipinski definition) is 1. The van der Waals surface area contributed by atoms with Gasteiger partial charge in [-0.05, 0) is 82.3 Å². The molecule has 5 heterocycles. The molecule has 0 fully saturated rings. The summed E-state index contributed by atoms with van der Waals surface area (Å²) in [6, 6.07) is -0.416. The first-order valence-electron chi connectivity index (χ1n) is 23.8. The van der Waals surface area contributed by atoms with Crippen LogP contribution in [-0.2, 0) is 20.7 Å². The van der Waals surface area contributed by atoms with Crippen molar-refractivity contribution in [2.45, 2.75) is 146 Å². The molecule has 1 N–H and O–H groups in total. The van der Waals surface area contributed by atoms with E-state index in [0.717, 1.165) is 81.0 Å². The summed E-state index contributed by atoms with van der Waals surface area (Å²) < 4.78 is 11.1. The smallest absolute Gasteiger partial charge is 0.678 e. The summed E-state index contributed by atoms with van der Waals surface area (Å²) in [6.45, 7) is 26.0. The number of Topliss-reactive ketones (excluding diaryl/α,β-unsaturated/α-hetero) is 1. The fourth-order valence-electron chi connectivity index (χ4n) is 9.85. The molecule has 0 saturated heterocycles. The molecule has 0 amide bonds. The molecule has 2 unspecified atom stereocenters. The Morgan fingerprint density at radius 3 is 2.20 bits per heavy atom. The standard InChI is InChI=1S/C55H74N4O5.Mg/c1-13-39-35(8)42-28-44-37(10)41(24-25-48(60)64-27-26-34(7)23-17-22-33(6)21-16-20-32(5)19-15-18-31(3)4)52(58-44)50-51(55(62)63-12)54(61)49-38(11)45(59-53(49)50)30-47-40(14-2)36(9)43(57-47)29-46(39)56-42;/h13,24-26,28-33,37,44,51,55,62H,1,14-23,27H2,2-12H3,(H2-2,56,57,58,59,60,61);/q-2;+2/p-2/b34-26+,42-28-;/t32-,33-,37+,44?,51-,55?;/m1./s1. The quantitative estimate of drug-likeness (QED) is 0.0400. The molecule has 6 atom stereocenters. The number of esters is 1. The number of hydrogen-bond acceptors (Lipinski definition) is 5. The van der Waals surface area contributed by atoms with Gasteiger partial charge in [0.25, 0.3) is 0 Å². The zero-order chi connectivity index (χ0) is 46.4. The van der Waals surface area contributed by atoms with Gasteiger partial charge in [0.2, 0.25) is 0 Å². The maximum Gasteiger partial charge on any atom is 2.00 e. The van der Waals surface area contributed by atoms with Crippen molar-refractivity contribution in [1.29, 1.82) is 0 Å². The first-order chi connectivity index (χ1) is 30.6. The van der Waals surface area contributed by atoms with Gasteiger partial charge in [0.1, 0.15) is 6.61 Å². The molecule has 346 valence electrons. The minimum absolute atomic E-state index is 0. The van der Waals surface area contributed by atoms with Gasteiger partial charge in [0, 0.05) is 18.7 Å². The molecular formula is C55H72MgN4O5-2. The monoisotopic (exact) mass is 893 g/mol. The number of aliphatic hydroxyl groups is 1. The van der Waals surface area contributed by atoms with Crippen LogP contribution in [-0.4, -0.2) is 66.0 Å². The van der Waals surface area contributed by atoms with Crippen LogP contribution in [0, 0.1) is 50.4 Å². The zero-order valence-corrected chi connectivity index (χ0v) is 42.6. The predicted octanol–water partition coefficient (Wildman–Crippen LogP) is 7.82. The van der Waals surface area contributed by atoms with Crippen molar-refractivity contribution in [3.05, 3.63) is 113 Å². The summed E-state index contributed by atoms with van der Waals surface area (Å²) in [5.74, 6) is 0.252. The minimum atomic E-state index is -1.44. The number of allylic oxidation sites excluding steroid dienone is 3. The van der Waals surface area contributed by atoms with Gasteiger partial charge in [-0.1, -0.05) is 162 Å². The summed E-state index contributed by atoms with van der Waals surface area (Å²) in [5, 5.41) is 19.2. The van der Waals surface area contributed by atoms with Crippen molar-refractivity contribution in [2.75, 3.05) is 13.7 Å². The first kappa shape index (κ1) is 51.9. The van der Waals surface area contributed by atoms with Gasteiger partial charge < -0.3 is 34.8 Å². The third-order valence-corrected chi connectivity index (χ3v) is 14.0. The topological polar surface area (TPSA) is 129 Å². The molecule has 65 heavy (non-hydrogen) atoms. The molecule has 8 bridgehead atoms. The van der Waals surface area contributed by atoms with Crippen LogP contribution >= 0.6 is 0 Å². The zero-order valence-electron chi connectivity index (χ0n) is 41.1. The molecule has 0 aromatic carbocycles. The Labute approximate surface area is 403 Å². The Hall–Kier alpha value is -4.09. The molecule has 9 nitrogen and oxygen atoms in total. The van der Waals surface area contributed by atoms with E-state index in [4.69, 9.17) is 29.7 Å². The number of fused-ring (bicyclic) bond motifs is 8. The molecule has 0 saturated carbocycles. The van der Waals surface area contributed by atoms with E-state index in [-0.39, 0.29) is 41.4 Å². The van der Waals surface area contributed by atoms with E-state index in [1.807, 2.05) is 51.2 Å². The largest absolute Gasteiger partial charge is 2.00 e. The third-order valence-electron chi connectivity index (χ3n) is 14.0. The molecule has 3 aromatic rings. The van der Waals surface area contributed by atoms with E-state index in [9.17, 15) is 14.7 Å². The van der Waals surface area contributed by atoms with Gasteiger partial charge in [0.05, 0.1) is 5.92 Å². The van der Waals surface area contributed by atoms with E-state index < -0.39 is 24.2 Å². The summed E-state index contributed by atoms with van der Waals surface area (Å²) in [6.07, 6.45) is 23.6. The van der Waals surface area contributed by atoms with Crippen molar-refractivity contribution in [3.63, 3.8) is 0 Å². The SMILES string of the molecule is C=Cc1c(C)/c2[n-]/c1=C\c1[n-]c(c(CC)c1C)/C=c1\[n-]c3c(c1C)C(=O)[C@H](C(O)OC)C=3C1=C(/C=C\C(=O)OC/C=C(\C)CCC[C@H](C)CCC[C@H](C)CCCC(C)C)[C@H](C)C(\C=2)[N-]1.[Mg+2]. The molecular weight excluding hydrogens is 821 g/mol. The van der Waals surface area contributed by atoms with Crippen LogP contribution in [0.15, 0.2) is 41.7 Å².